The second-order valence-electron chi connectivity index (χ2n) is 1.29. The first kappa shape index (κ1) is 4.84. The molecule has 0 unspecified atom stereocenters. The lowest BCUT2D eigenvalue weighted by Gasteiger charge is -1.73. The third-order valence-corrected chi connectivity index (χ3v) is 0.985. The van der Waals surface area contributed by atoms with Crippen LogP contribution in [0.25, 0.3) is 0 Å². The first-order valence-corrected chi connectivity index (χ1v) is 2.60. The van der Waals surface area contributed by atoms with Gasteiger partial charge in [0.15, 0.2) is 6.33 Å². The molecule has 7 heavy (non-hydrogen) atoms. The molecule has 1 radical (unpaired) electrons. The van der Waals surface area contributed by atoms with Crippen molar-refractivity contribution < 1.29 is 0 Å². The van der Waals surface area contributed by atoms with E-state index in [-0.39, 0.29) is 0 Å². The first-order valence-electron chi connectivity index (χ1n) is 1.89. The van der Waals surface area contributed by atoms with Gasteiger partial charge in [-0.25, -0.2) is 4.98 Å². The molecular formula is C4H4BrN2. The number of aromatic nitrogens is 2. The molecule has 0 fully saturated rings. The van der Waals surface area contributed by atoms with Gasteiger partial charge in [-0.15, -0.1) is 0 Å². The molecule has 0 bridgehead atoms. The monoisotopic (exact) mass is 159 g/mol. The van der Waals surface area contributed by atoms with E-state index in [1.807, 2.05) is 13.1 Å². The van der Waals surface area contributed by atoms with Crippen LogP contribution in [0.5, 0.6) is 0 Å². The van der Waals surface area contributed by atoms with Gasteiger partial charge >= 0.3 is 0 Å². The van der Waals surface area contributed by atoms with Crippen LogP contribution in [0, 0.1) is 13.3 Å². The van der Waals surface area contributed by atoms with E-state index in [0.717, 1.165) is 5.69 Å². The minimum absolute atomic E-state index is 0.969. The summed E-state index contributed by atoms with van der Waals surface area (Å²) in [5, 5.41) is 0. The summed E-state index contributed by atoms with van der Waals surface area (Å²) in [6.45, 7) is 1.91. The molecule has 0 atom stereocenters. The molecule has 2 nitrogen and oxygen atoms in total. The molecule has 37 valence electrons. The molecule has 0 aromatic carbocycles. The van der Waals surface area contributed by atoms with E-state index in [1.165, 1.54) is 0 Å². The minimum atomic E-state index is 0.969. The Kier molecular flexibility index (Phi) is 1.15. The van der Waals surface area contributed by atoms with E-state index in [1.54, 1.807) is 3.59 Å². The molecule has 0 amide bonds. The topological polar surface area (TPSA) is 17.8 Å². The molecule has 3 heteroatoms. The van der Waals surface area contributed by atoms with Crippen LogP contribution in [0.1, 0.15) is 5.69 Å². The summed E-state index contributed by atoms with van der Waals surface area (Å²) in [6, 6.07) is 0. The summed E-state index contributed by atoms with van der Waals surface area (Å²) in [6.07, 6.45) is 4.48. The number of hydrogen-bond donors (Lipinski definition) is 0. The standard InChI is InChI=1S/C4H4BrN2/c1-4-2-7(5)3-6-4/h2H,1H3. The first-order chi connectivity index (χ1) is 3.29. The van der Waals surface area contributed by atoms with Crippen molar-refractivity contribution in [2.45, 2.75) is 6.92 Å². The Hall–Kier alpha value is -0.310. The van der Waals surface area contributed by atoms with E-state index < -0.39 is 0 Å². The highest BCUT2D eigenvalue weighted by molar-refractivity contribution is 9.08. The molecule has 0 saturated carbocycles. The Morgan fingerprint density at radius 1 is 2.00 bits per heavy atom. The van der Waals surface area contributed by atoms with Crippen LogP contribution in [0.2, 0.25) is 0 Å². The van der Waals surface area contributed by atoms with Gasteiger partial charge in [0.25, 0.3) is 0 Å². The van der Waals surface area contributed by atoms with Gasteiger partial charge in [-0.05, 0) is 6.92 Å². The Bertz CT molecular complexity index is 142. The van der Waals surface area contributed by atoms with Gasteiger partial charge in [0, 0.05) is 6.20 Å². The summed E-state index contributed by atoms with van der Waals surface area (Å²) in [5.74, 6) is 0. The Morgan fingerprint density at radius 2 is 2.71 bits per heavy atom. The Morgan fingerprint density at radius 3 is 2.86 bits per heavy atom. The molecule has 1 rings (SSSR count). The van der Waals surface area contributed by atoms with E-state index in [2.05, 4.69) is 27.5 Å². The summed E-state index contributed by atoms with van der Waals surface area (Å²) in [4.78, 5) is 3.81. The van der Waals surface area contributed by atoms with Gasteiger partial charge < -0.3 is 0 Å². The van der Waals surface area contributed by atoms with Gasteiger partial charge in [-0.3, -0.25) is 3.59 Å². The molecule has 0 N–H and O–H groups in total. The van der Waals surface area contributed by atoms with Gasteiger partial charge in [0.05, 0.1) is 21.8 Å². The Labute approximate surface area is 50.5 Å². The van der Waals surface area contributed by atoms with E-state index in [0.29, 0.717) is 0 Å². The fourth-order valence-electron chi connectivity index (χ4n) is 0.348. The molecule has 1 aromatic rings. The molecule has 0 aliphatic rings. The van der Waals surface area contributed by atoms with Crippen LogP contribution in [-0.4, -0.2) is 8.58 Å². The molecule has 0 aliphatic carbocycles. The van der Waals surface area contributed by atoms with Crippen molar-refractivity contribution in [3.05, 3.63) is 18.2 Å². The fraction of sp³-hybridized carbons (Fsp3) is 0.250. The maximum atomic E-state index is 3.81. The zero-order chi connectivity index (χ0) is 5.28. The number of halogens is 1. The SMILES string of the molecule is Cc1cn(Br)[c]n1. The highest BCUT2D eigenvalue weighted by Crippen LogP contribution is 1.94. The van der Waals surface area contributed by atoms with Crippen molar-refractivity contribution in [1.29, 1.82) is 0 Å². The average molecular weight is 160 g/mol. The lowest BCUT2D eigenvalue weighted by molar-refractivity contribution is 1.22. The van der Waals surface area contributed by atoms with Crippen molar-refractivity contribution in [1.82, 2.24) is 8.58 Å². The van der Waals surface area contributed by atoms with Gasteiger partial charge in [0.2, 0.25) is 0 Å². The molecule has 0 spiro atoms. The van der Waals surface area contributed by atoms with Crippen LogP contribution in [0.3, 0.4) is 0 Å². The number of aryl methyl sites for hydroxylation is 1. The molecule has 0 aliphatic heterocycles. The molecule has 1 heterocycles. The molecular weight excluding hydrogens is 156 g/mol. The third kappa shape index (κ3) is 1.03. The Balaban J connectivity index is 3.04. The molecule has 0 saturated heterocycles. The van der Waals surface area contributed by atoms with E-state index in [4.69, 9.17) is 0 Å². The van der Waals surface area contributed by atoms with Crippen molar-refractivity contribution in [2.75, 3.05) is 0 Å². The van der Waals surface area contributed by atoms with Gasteiger partial charge in [-0.2, -0.15) is 0 Å². The van der Waals surface area contributed by atoms with Crippen molar-refractivity contribution in [3.8, 4) is 0 Å². The lowest BCUT2D eigenvalue weighted by atomic mass is 10.6. The summed E-state index contributed by atoms with van der Waals surface area (Å²) in [5.41, 5.74) is 0.969. The summed E-state index contributed by atoms with van der Waals surface area (Å²) in [7, 11) is 0. The largest absolute Gasteiger partial charge is 0.263 e. The number of rotatable bonds is 0. The smallest absolute Gasteiger partial charge is 0.187 e. The minimum Gasteiger partial charge on any atom is -0.263 e. The third-order valence-electron chi connectivity index (χ3n) is 0.622. The van der Waals surface area contributed by atoms with Crippen molar-refractivity contribution in [3.63, 3.8) is 0 Å². The second-order valence-corrected chi connectivity index (χ2v) is 2.06. The maximum absolute atomic E-state index is 3.81. The fourth-order valence-corrected chi connectivity index (χ4v) is 0.724. The van der Waals surface area contributed by atoms with Gasteiger partial charge in [0.1, 0.15) is 0 Å². The van der Waals surface area contributed by atoms with Crippen molar-refractivity contribution >= 4 is 16.1 Å². The van der Waals surface area contributed by atoms with E-state index >= 15 is 0 Å². The van der Waals surface area contributed by atoms with Gasteiger partial charge in [-0.1, -0.05) is 0 Å². The van der Waals surface area contributed by atoms with Crippen LogP contribution in [0.4, 0.5) is 0 Å². The summed E-state index contributed by atoms with van der Waals surface area (Å²) >= 11 is 3.13. The highest BCUT2D eigenvalue weighted by Gasteiger charge is 1.84. The predicted octanol–water partition coefficient (Wildman–Crippen LogP) is 1.15. The quantitative estimate of drug-likeness (QED) is 0.556. The highest BCUT2D eigenvalue weighted by atomic mass is 79.9. The zero-order valence-electron chi connectivity index (χ0n) is 3.85. The average Bonchev–Trinajstić information content (AvgIpc) is 1.87. The number of imidazole rings is 1. The van der Waals surface area contributed by atoms with Crippen molar-refractivity contribution in [2.24, 2.45) is 0 Å². The zero-order valence-corrected chi connectivity index (χ0v) is 5.44. The van der Waals surface area contributed by atoms with Crippen LogP contribution in [-0.2, 0) is 0 Å². The number of nitrogens with zero attached hydrogens (tertiary/aromatic N) is 2. The van der Waals surface area contributed by atoms with E-state index in [9.17, 15) is 0 Å². The summed E-state index contributed by atoms with van der Waals surface area (Å²) < 4.78 is 1.61. The predicted molar refractivity (Wildman–Crippen MR) is 30.1 cm³/mol. The van der Waals surface area contributed by atoms with Crippen LogP contribution in [0.15, 0.2) is 6.20 Å². The normalized spacial score (nSPS) is 9.43. The molecule has 1 aromatic heterocycles. The van der Waals surface area contributed by atoms with Crippen LogP contribution < -0.4 is 0 Å². The lowest BCUT2D eigenvalue weighted by Crippen LogP contribution is -1.65. The maximum Gasteiger partial charge on any atom is 0.187 e. The van der Waals surface area contributed by atoms with Crippen LogP contribution >= 0.6 is 16.1 Å². The number of hydrogen-bond acceptors (Lipinski definition) is 1. The second kappa shape index (κ2) is 1.66.